The Hall–Kier alpha value is -6.78. The first-order valence-electron chi connectivity index (χ1n) is 26.6. The van der Waals surface area contributed by atoms with Gasteiger partial charge >= 0.3 is 0 Å². The van der Waals surface area contributed by atoms with Gasteiger partial charge in [0.05, 0.1) is 5.69 Å². The molecule has 3 heterocycles. The van der Waals surface area contributed by atoms with Gasteiger partial charge in [-0.05, 0) is 174 Å². The summed E-state index contributed by atoms with van der Waals surface area (Å²) in [7, 11) is 0. The predicted molar refractivity (Wildman–Crippen MR) is 308 cm³/mol. The van der Waals surface area contributed by atoms with E-state index in [0.29, 0.717) is 0 Å². The van der Waals surface area contributed by atoms with Crippen LogP contribution in [0.4, 0.5) is 34.1 Å². The molecule has 2 aliphatic carbocycles. The first-order chi connectivity index (χ1) is 34.3. The number of fused-ring (bicyclic) bond motifs is 9. The second-order valence-electron chi connectivity index (χ2n) is 25.5. The van der Waals surface area contributed by atoms with Gasteiger partial charge in [0.25, 0.3) is 6.71 Å². The normalized spacial score (nSPS) is 17.8. The van der Waals surface area contributed by atoms with E-state index < -0.39 is 0 Å². The number of furan rings is 1. The second-order valence-corrected chi connectivity index (χ2v) is 25.5. The lowest BCUT2D eigenvalue weighted by atomic mass is 9.33. The molecule has 358 valence electrons. The van der Waals surface area contributed by atoms with Gasteiger partial charge in [0.1, 0.15) is 11.2 Å². The highest BCUT2D eigenvalue weighted by molar-refractivity contribution is 7.00. The van der Waals surface area contributed by atoms with Crippen LogP contribution in [0.25, 0.3) is 44.2 Å². The molecule has 0 atom stereocenters. The van der Waals surface area contributed by atoms with Gasteiger partial charge in [-0.25, -0.2) is 0 Å². The van der Waals surface area contributed by atoms with E-state index in [1.54, 1.807) is 0 Å². The molecule has 0 spiro atoms. The zero-order valence-corrected chi connectivity index (χ0v) is 44.2. The van der Waals surface area contributed by atoms with Crippen LogP contribution in [0, 0.1) is 0 Å². The molecule has 0 saturated heterocycles. The van der Waals surface area contributed by atoms with Crippen LogP contribution in [-0.2, 0) is 27.1 Å². The largest absolute Gasteiger partial charge is 0.456 e. The number of hydrogen-bond donors (Lipinski definition) is 0. The average molecular weight is 939 g/mol. The standard InChI is InChI=1S/C68H67BN2O/c1-64(2,3)45-26-29-61-48(36-45)49-38-57-55(41-62(49)72-61)69-54-39-52-53(68(10,11)33-32-67(52,8)9)40-58(54)70(46-27-28-50-51(37-46)66(6,7)31-30-65(50,4)5)59-34-44(42-20-14-12-15-21-42)35-60(63(59)69)71(57)56-25-19-18-24-47(56)43-22-16-13-17-23-43/h12-29,34-41H,30-33H2,1-11H3. The van der Waals surface area contributed by atoms with Crippen molar-refractivity contribution in [3.05, 3.63) is 186 Å². The monoisotopic (exact) mass is 939 g/mol. The summed E-state index contributed by atoms with van der Waals surface area (Å²) in [5.41, 5.74) is 25.3. The molecule has 0 bridgehead atoms. The van der Waals surface area contributed by atoms with E-state index in [4.69, 9.17) is 4.42 Å². The van der Waals surface area contributed by atoms with Crippen molar-refractivity contribution >= 4 is 79.2 Å². The maximum absolute atomic E-state index is 7.02. The molecular weight excluding hydrogens is 872 g/mol. The molecule has 8 aromatic carbocycles. The highest BCUT2D eigenvalue weighted by atomic mass is 16.3. The summed E-state index contributed by atoms with van der Waals surface area (Å²) in [6.07, 6.45) is 4.63. The van der Waals surface area contributed by atoms with E-state index in [9.17, 15) is 0 Å². The van der Waals surface area contributed by atoms with Gasteiger partial charge in [-0.2, -0.15) is 0 Å². The predicted octanol–water partition coefficient (Wildman–Crippen LogP) is 17.0. The summed E-state index contributed by atoms with van der Waals surface area (Å²) in [4.78, 5) is 5.31. The molecule has 9 aromatic rings. The van der Waals surface area contributed by atoms with Crippen molar-refractivity contribution in [2.75, 3.05) is 9.80 Å². The first kappa shape index (κ1) is 45.1. The average Bonchev–Trinajstić information content (AvgIpc) is 3.73. The van der Waals surface area contributed by atoms with Crippen molar-refractivity contribution in [3.8, 4) is 22.3 Å². The van der Waals surface area contributed by atoms with Crippen molar-refractivity contribution in [1.29, 1.82) is 0 Å². The van der Waals surface area contributed by atoms with E-state index in [0.717, 1.165) is 46.9 Å². The quantitative estimate of drug-likeness (QED) is 0.164. The van der Waals surface area contributed by atoms with Gasteiger partial charge in [-0.1, -0.05) is 173 Å². The number of anilines is 6. The Labute approximate surface area is 428 Å². The van der Waals surface area contributed by atoms with Crippen LogP contribution in [0.15, 0.2) is 162 Å². The summed E-state index contributed by atoms with van der Waals surface area (Å²) in [5.74, 6) is 0. The minimum Gasteiger partial charge on any atom is -0.456 e. The summed E-state index contributed by atoms with van der Waals surface area (Å²) in [6, 6.07) is 60.7. The maximum Gasteiger partial charge on any atom is 0.252 e. The number of benzene rings is 8. The first-order valence-corrected chi connectivity index (χ1v) is 26.6. The van der Waals surface area contributed by atoms with Gasteiger partial charge in [0.2, 0.25) is 0 Å². The van der Waals surface area contributed by atoms with Crippen LogP contribution in [0.1, 0.15) is 130 Å². The van der Waals surface area contributed by atoms with Crippen LogP contribution >= 0.6 is 0 Å². The molecule has 4 heteroatoms. The fourth-order valence-electron chi connectivity index (χ4n) is 13.4. The van der Waals surface area contributed by atoms with Crippen molar-refractivity contribution in [1.82, 2.24) is 0 Å². The third-order valence-electron chi connectivity index (χ3n) is 17.9. The second kappa shape index (κ2) is 15.4. The maximum atomic E-state index is 7.02. The lowest BCUT2D eigenvalue weighted by molar-refractivity contribution is 0.332. The molecule has 0 saturated carbocycles. The molecule has 1 aromatic heterocycles. The minimum atomic E-state index is -0.0805. The van der Waals surface area contributed by atoms with Crippen molar-refractivity contribution in [3.63, 3.8) is 0 Å². The van der Waals surface area contributed by atoms with Crippen molar-refractivity contribution in [2.45, 2.75) is 129 Å². The molecule has 0 radical (unpaired) electrons. The molecule has 0 amide bonds. The van der Waals surface area contributed by atoms with Gasteiger partial charge in [-0.3, -0.25) is 0 Å². The number of hydrogen-bond acceptors (Lipinski definition) is 3. The van der Waals surface area contributed by atoms with Gasteiger partial charge in [0, 0.05) is 44.8 Å². The van der Waals surface area contributed by atoms with Crippen molar-refractivity contribution in [2.24, 2.45) is 0 Å². The van der Waals surface area contributed by atoms with Gasteiger partial charge < -0.3 is 14.2 Å². The Balaban J connectivity index is 1.20. The topological polar surface area (TPSA) is 19.6 Å². The highest BCUT2D eigenvalue weighted by Crippen LogP contribution is 2.54. The Morgan fingerprint density at radius 1 is 0.417 bits per heavy atom. The molecule has 0 unspecified atom stereocenters. The molecule has 72 heavy (non-hydrogen) atoms. The summed E-state index contributed by atoms with van der Waals surface area (Å²) in [6.45, 7) is 26.6. The van der Waals surface area contributed by atoms with Gasteiger partial charge in [0.15, 0.2) is 0 Å². The lowest BCUT2D eigenvalue weighted by Gasteiger charge is -2.48. The van der Waals surface area contributed by atoms with Crippen LogP contribution in [0.2, 0.25) is 0 Å². The number of rotatable bonds is 4. The van der Waals surface area contributed by atoms with Crippen LogP contribution in [0.5, 0.6) is 0 Å². The van der Waals surface area contributed by atoms with Crippen molar-refractivity contribution < 1.29 is 4.42 Å². The van der Waals surface area contributed by atoms with E-state index in [1.165, 1.54) is 101 Å². The SMILES string of the molecule is CC(C)(C)c1ccc2oc3cc4c(cc3c2c1)N(c1ccccc1-c1ccccc1)c1cc(-c2ccccc2)cc2c1B4c1cc3c(cc1N2c1ccc2c(c1)C(C)(C)CCC2(C)C)C(C)(C)CCC3(C)C. The van der Waals surface area contributed by atoms with Gasteiger partial charge in [-0.15, -0.1) is 0 Å². The molecule has 2 aliphatic heterocycles. The molecule has 4 aliphatic rings. The highest BCUT2D eigenvalue weighted by Gasteiger charge is 2.48. The summed E-state index contributed by atoms with van der Waals surface area (Å²) in [5, 5.41) is 2.30. The third kappa shape index (κ3) is 6.77. The molecule has 3 nitrogen and oxygen atoms in total. The summed E-state index contributed by atoms with van der Waals surface area (Å²) < 4.78 is 7.02. The zero-order valence-electron chi connectivity index (χ0n) is 44.2. The molecule has 0 fully saturated rings. The Kier molecular flexibility index (Phi) is 9.63. The fraction of sp³-hybridized carbons (Fsp3) is 0.294. The smallest absolute Gasteiger partial charge is 0.252 e. The van der Waals surface area contributed by atoms with E-state index >= 15 is 0 Å². The lowest BCUT2D eigenvalue weighted by Crippen LogP contribution is -2.62. The van der Waals surface area contributed by atoms with Crippen LogP contribution in [0.3, 0.4) is 0 Å². The fourth-order valence-corrected chi connectivity index (χ4v) is 13.4. The van der Waals surface area contributed by atoms with E-state index in [1.807, 2.05) is 0 Å². The van der Waals surface area contributed by atoms with Crippen LogP contribution in [-0.4, -0.2) is 6.71 Å². The number of nitrogens with zero attached hydrogens (tertiary/aromatic N) is 2. The molecule has 0 N–H and O–H groups in total. The minimum absolute atomic E-state index is 0.0119. The Bertz CT molecular complexity index is 3700. The third-order valence-corrected chi connectivity index (χ3v) is 17.9. The summed E-state index contributed by atoms with van der Waals surface area (Å²) >= 11 is 0. The Morgan fingerprint density at radius 2 is 0.958 bits per heavy atom. The van der Waals surface area contributed by atoms with Crippen LogP contribution < -0.4 is 26.2 Å². The van der Waals surface area contributed by atoms with E-state index in [-0.39, 0.29) is 33.8 Å². The number of para-hydroxylation sites is 1. The Morgan fingerprint density at radius 3 is 1.62 bits per heavy atom. The van der Waals surface area contributed by atoms with E-state index in [2.05, 4.69) is 244 Å². The molecular formula is C68H67BN2O. The zero-order chi connectivity index (χ0) is 49.9. The molecule has 13 rings (SSSR count).